The molecule has 0 nitrogen and oxygen atoms in total. The molecule has 0 bridgehead atoms. The molecule has 0 fully saturated rings. The van der Waals surface area contributed by atoms with Crippen molar-refractivity contribution in [2.45, 2.75) is 263 Å². The van der Waals surface area contributed by atoms with Crippen LogP contribution >= 0.6 is 0 Å². The summed E-state index contributed by atoms with van der Waals surface area (Å²) in [5.41, 5.74) is 1.95. The summed E-state index contributed by atoms with van der Waals surface area (Å²) in [6.07, 6.45) is 38.4. The van der Waals surface area contributed by atoms with Crippen LogP contribution in [0.3, 0.4) is 0 Å². The van der Waals surface area contributed by atoms with Crippen LogP contribution in [0.25, 0.3) is 0 Å². The van der Waals surface area contributed by atoms with Crippen molar-refractivity contribution in [3.8, 4) is 0 Å². The Kier molecular flexibility index (Phi) is 35.2. The molecule has 0 saturated carbocycles. The molecule has 299 valence electrons. The first kappa shape index (κ1) is 53.9. The minimum absolute atomic E-state index is 0. The average molecular weight is 734 g/mol. The van der Waals surface area contributed by atoms with E-state index in [4.69, 9.17) is 0 Å². The summed E-state index contributed by atoms with van der Waals surface area (Å²) in [5, 5.41) is 0. The van der Waals surface area contributed by atoms with Crippen LogP contribution in [0.5, 0.6) is 0 Å². The molecule has 0 rings (SSSR count). The predicted octanol–water partition coefficient (Wildman–Crippen LogP) is 18.0. The van der Waals surface area contributed by atoms with Gasteiger partial charge in [-0.1, -0.05) is 212 Å². The Balaban J connectivity index is -0.000000846. The molecule has 0 heterocycles. The van der Waals surface area contributed by atoms with Crippen molar-refractivity contribution < 1.29 is 16.8 Å². The summed E-state index contributed by atoms with van der Waals surface area (Å²) < 4.78 is 0. The van der Waals surface area contributed by atoms with E-state index in [1.807, 2.05) is 0 Å². The van der Waals surface area contributed by atoms with E-state index in [1.165, 1.54) is 167 Å². The summed E-state index contributed by atoms with van der Waals surface area (Å²) in [6, 6.07) is 0. The van der Waals surface area contributed by atoms with E-state index in [0.29, 0.717) is 21.7 Å². The normalized spacial score (nSPS) is 12.7. The van der Waals surface area contributed by atoms with Crippen LogP contribution in [0.2, 0.25) is 0 Å². The molecule has 1 heteroatoms. The zero-order chi connectivity index (χ0) is 37.0. The van der Waals surface area contributed by atoms with E-state index >= 15 is 0 Å². The zero-order valence-electron chi connectivity index (χ0n) is 36.7. The van der Waals surface area contributed by atoms with Crippen LogP contribution in [0.1, 0.15) is 263 Å². The quantitative estimate of drug-likeness (QED) is 0.0477. The van der Waals surface area contributed by atoms with Crippen molar-refractivity contribution in [1.29, 1.82) is 0 Å². The first-order chi connectivity index (χ1) is 22.6. The van der Waals surface area contributed by atoms with Crippen LogP contribution in [-0.2, 0) is 16.8 Å². The number of hydrogen-bond acceptors (Lipinski definition) is 0. The van der Waals surface area contributed by atoms with E-state index < -0.39 is 0 Å². The standard InChI is InChI=1S/2C24H49.Co/c2*1-8-11-14-15-16-17-18-19-22(23(4,5)20-12-9-2)24(6,7)21-13-10-3;/h2*22H,1,8-21H2,2-7H3;/q2*-1;+2. The van der Waals surface area contributed by atoms with Gasteiger partial charge in [-0.25, -0.2) is 0 Å². The molecule has 0 N–H and O–H groups in total. The van der Waals surface area contributed by atoms with Crippen LogP contribution in [0, 0.1) is 47.3 Å². The smallest absolute Gasteiger partial charge is 0.343 e. The Morgan fingerprint density at radius 3 is 0.735 bits per heavy atom. The van der Waals surface area contributed by atoms with Crippen LogP contribution in [0.15, 0.2) is 0 Å². The van der Waals surface area contributed by atoms with Crippen molar-refractivity contribution in [3.05, 3.63) is 13.8 Å². The summed E-state index contributed by atoms with van der Waals surface area (Å²) in [7, 11) is 0. The monoisotopic (exact) mass is 734 g/mol. The fourth-order valence-electron chi connectivity index (χ4n) is 9.37. The summed E-state index contributed by atoms with van der Waals surface area (Å²) in [5.74, 6) is 1.73. The summed E-state index contributed by atoms with van der Waals surface area (Å²) in [6.45, 7) is 37.6. The maximum Gasteiger partial charge on any atom is 2.00 e. The van der Waals surface area contributed by atoms with Gasteiger partial charge in [-0.2, -0.15) is 12.8 Å². The fourth-order valence-corrected chi connectivity index (χ4v) is 9.37. The second kappa shape index (κ2) is 32.0. The minimum Gasteiger partial charge on any atom is -0.343 e. The molecule has 49 heavy (non-hydrogen) atoms. The molecule has 0 aromatic heterocycles. The van der Waals surface area contributed by atoms with Gasteiger partial charge >= 0.3 is 16.8 Å². The summed E-state index contributed by atoms with van der Waals surface area (Å²) in [4.78, 5) is 0. The number of hydrogen-bond donors (Lipinski definition) is 0. The molecule has 0 unspecified atom stereocenters. The molecule has 0 spiro atoms. The third kappa shape index (κ3) is 26.9. The number of rotatable bonds is 32. The van der Waals surface area contributed by atoms with Crippen molar-refractivity contribution in [2.75, 3.05) is 0 Å². The predicted molar refractivity (Wildman–Crippen MR) is 225 cm³/mol. The van der Waals surface area contributed by atoms with Gasteiger partial charge in [0.15, 0.2) is 0 Å². The molecule has 0 aliphatic heterocycles. The first-order valence-corrected chi connectivity index (χ1v) is 22.2. The van der Waals surface area contributed by atoms with Gasteiger partial charge in [0.1, 0.15) is 0 Å². The molecular weight excluding hydrogens is 635 g/mol. The third-order valence-electron chi connectivity index (χ3n) is 12.5. The molecule has 0 aliphatic carbocycles. The molecule has 0 atom stereocenters. The largest absolute Gasteiger partial charge is 2.00 e. The molecule has 1 radical (unpaired) electrons. The van der Waals surface area contributed by atoms with Crippen molar-refractivity contribution in [2.24, 2.45) is 33.5 Å². The second-order valence-corrected chi connectivity index (χ2v) is 19.0. The summed E-state index contributed by atoms with van der Waals surface area (Å²) >= 11 is 0. The Labute approximate surface area is 325 Å². The third-order valence-corrected chi connectivity index (χ3v) is 12.5. The van der Waals surface area contributed by atoms with Crippen LogP contribution in [-0.4, -0.2) is 0 Å². The van der Waals surface area contributed by atoms with Crippen molar-refractivity contribution in [1.82, 2.24) is 0 Å². The maximum atomic E-state index is 3.95. The first-order valence-electron chi connectivity index (χ1n) is 22.2. The Morgan fingerprint density at radius 1 is 0.327 bits per heavy atom. The SMILES string of the molecule is [CH2-]CCCCCCCCC(C(C)(C)CCCC)C(C)(C)CCCC.[CH2-]CCCCCCCCC(C(C)(C)CCCC)C(C)(C)CCCC.[Co+2]. The van der Waals surface area contributed by atoms with Gasteiger partial charge in [-0.15, -0.1) is 0 Å². The van der Waals surface area contributed by atoms with E-state index in [1.54, 1.807) is 0 Å². The maximum absolute atomic E-state index is 3.95. The van der Waals surface area contributed by atoms with Gasteiger partial charge in [0.2, 0.25) is 0 Å². The van der Waals surface area contributed by atoms with Gasteiger partial charge in [0.05, 0.1) is 0 Å². The Morgan fingerprint density at radius 2 is 0.531 bits per heavy atom. The average Bonchev–Trinajstić information content (AvgIpc) is 3.03. The molecule has 0 aromatic rings. The van der Waals surface area contributed by atoms with Gasteiger partial charge < -0.3 is 13.8 Å². The van der Waals surface area contributed by atoms with Crippen molar-refractivity contribution in [3.63, 3.8) is 0 Å². The minimum atomic E-state index is 0. The van der Waals surface area contributed by atoms with Gasteiger partial charge in [-0.3, -0.25) is 0 Å². The number of unbranched alkanes of at least 4 members (excludes halogenated alkanes) is 16. The Hall–Kier alpha value is 0.506. The molecule has 0 aliphatic rings. The van der Waals surface area contributed by atoms with Gasteiger partial charge in [0.25, 0.3) is 0 Å². The molecule has 0 saturated heterocycles. The second-order valence-electron chi connectivity index (χ2n) is 19.0. The van der Waals surface area contributed by atoms with E-state index in [0.717, 1.165) is 24.7 Å². The fraction of sp³-hybridized carbons (Fsp3) is 0.958. The van der Waals surface area contributed by atoms with E-state index in [9.17, 15) is 0 Å². The molecular formula is C48H98Co. The topological polar surface area (TPSA) is 0 Å². The molecule has 0 amide bonds. The Bertz CT molecular complexity index is 573. The zero-order valence-corrected chi connectivity index (χ0v) is 37.7. The van der Waals surface area contributed by atoms with Gasteiger partial charge in [0, 0.05) is 0 Å². The molecule has 0 aromatic carbocycles. The van der Waals surface area contributed by atoms with Crippen LogP contribution in [0.4, 0.5) is 0 Å². The van der Waals surface area contributed by atoms with Crippen LogP contribution < -0.4 is 0 Å². The van der Waals surface area contributed by atoms with Crippen molar-refractivity contribution >= 4 is 0 Å². The van der Waals surface area contributed by atoms with E-state index in [-0.39, 0.29) is 16.8 Å². The van der Waals surface area contributed by atoms with Gasteiger partial charge in [-0.05, 0) is 72.0 Å². The van der Waals surface area contributed by atoms with E-state index in [2.05, 4.69) is 96.9 Å².